The van der Waals surface area contributed by atoms with Crippen LogP contribution in [-0.2, 0) is 9.59 Å². The molecule has 25 heavy (non-hydrogen) atoms. The second-order valence-corrected chi connectivity index (χ2v) is 5.11. The molecule has 0 saturated carbocycles. The molecule has 2 rings (SSSR count). The smallest absolute Gasteiger partial charge is 0.244 e. The van der Waals surface area contributed by atoms with E-state index in [-0.39, 0.29) is 18.4 Å². The molecule has 2 aromatic carbocycles. The zero-order valence-electron chi connectivity index (χ0n) is 14.1. The standard InChI is InChI=1S/C19H20N2O4/c1-24-16-10-15(11-17(12-16)25-2)21-19(23)13-20-18(22)9-8-14-6-4-3-5-7-14/h3-12H,13H2,1-2H3,(H,20,22)(H,21,23)/b9-8+. The highest BCUT2D eigenvalue weighted by atomic mass is 16.5. The van der Waals surface area contributed by atoms with Crippen molar-refractivity contribution in [2.45, 2.75) is 0 Å². The number of carbonyl (C=O) groups excluding carboxylic acids is 2. The summed E-state index contributed by atoms with van der Waals surface area (Å²) in [5.74, 6) is 0.424. The maximum absolute atomic E-state index is 12.0. The van der Waals surface area contributed by atoms with E-state index in [2.05, 4.69) is 10.6 Å². The summed E-state index contributed by atoms with van der Waals surface area (Å²) >= 11 is 0. The molecule has 0 unspecified atom stereocenters. The van der Waals surface area contributed by atoms with E-state index in [0.717, 1.165) is 5.56 Å². The number of anilines is 1. The summed E-state index contributed by atoms with van der Waals surface area (Å²) in [6.45, 7) is -0.141. The first-order chi connectivity index (χ1) is 12.1. The largest absolute Gasteiger partial charge is 0.497 e. The van der Waals surface area contributed by atoms with Gasteiger partial charge < -0.3 is 20.1 Å². The molecule has 0 fully saturated rings. The molecular weight excluding hydrogens is 320 g/mol. The van der Waals surface area contributed by atoms with Crippen molar-refractivity contribution in [1.29, 1.82) is 0 Å². The minimum absolute atomic E-state index is 0.141. The lowest BCUT2D eigenvalue weighted by Crippen LogP contribution is -2.31. The lowest BCUT2D eigenvalue weighted by molar-refractivity contribution is -0.121. The Labute approximate surface area is 146 Å². The van der Waals surface area contributed by atoms with Crippen LogP contribution in [-0.4, -0.2) is 32.6 Å². The highest BCUT2D eigenvalue weighted by Crippen LogP contribution is 2.25. The van der Waals surface area contributed by atoms with Gasteiger partial charge in [0.25, 0.3) is 0 Å². The molecule has 0 atom stereocenters. The fourth-order valence-electron chi connectivity index (χ4n) is 2.05. The Balaban J connectivity index is 1.86. The van der Waals surface area contributed by atoms with Crippen LogP contribution in [0.25, 0.3) is 6.08 Å². The van der Waals surface area contributed by atoms with Crippen LogP contribution in [0.15, 0.2) is 54.6 Å². The van der Waals surface area contributed by atoms with Crippen LogP contribution in [0.1, 0.15) is 5.56 Å². The number of rotatable bonds is 7. The van der Waals surface area contributed by atoms with Crippen LogP contribution in [0.4, 0.5) is 5.69 Å². The molecule has 0 aliphatic carbocycles. The zero-order valence-corrected chi connectivity index (χ0v) is 14.1. The number of benzene rings is 2. The maximum atomic E-state index is 12.0. The number of ether oxygens (including phenoxy) is 2. The van der Waals surface area contributed by atoms with E-state index in [9.17, 15) is 9.59 Å². The Bertz CT molecular complexity index is 735. The molecule has 0 spiro atoms. The monoisotopic (exact) mass is 340 g/mol. The summed E-state index contributed by atoms with van der Waals surface area (Å²) in [5, 5.41) is 5.21. The molecule has 0 aliphatic heterocycles. The van der Waals surface area contributed by atoms with Crippen LogP contribution in [0.3, 0.4) is 0 Å². The Hall–Kier alpha value is -3.28. The quantitative estimate of drug-likeness (QED) is 0.759. The third-order valence-corrected chi connectivity index (χ3v) is 3.29. The first kappa shape index (κ1) is 18.1. The Morgan fingerprint density at radius 3 is 2.24 bits per heavy atom. The highest BCUT2D eigenvalue weighted by molar-refractivity contribution is 5.98. The fraction of sp³-hybridized carbons (Fsp3) is 0.158. The van der Waals surface area contributed by atoms with Crippen molar-refractivity contribution in [3.8, 4) is 11.5 Å². The van der Waals surface area contributed by atoms with Crippen LogP contribution in [0, 0.1) is 0 Å². The molecule has 6 nitrogen and oxygen atoms in total. The Kier molecular flexibility index (Phi) is 6.59. The first-order valence-corrected chi connectivity index (χ1v) is 7.64. The number of hydrogen-bond donors (Lipinski definition) is 2. The van der Waals surface area contributed by atoms with Gasteiger partial charge in [0.2, 0.25) is 11.8 Å². The van der Waals surface area contributed by atoms with Gasteiger partial charge in [-0.1, -0.05) is 30.3 Å². The van der Waals surface area contributed by atoms with Gasteiger partial charge in [0.05, 0.1) is 20.8 Å². The average Bonchev–Trinajstić information content (AvgIpc) is 2.65. The van der Waals surface area contributed by atoms with Crippen molar-refractivity contribution in [3.63, 3.8) is 0 Å². The number of carbonyl (C=O) groups is 2. The first-order valence-electron chi connectivity index (χ1n) is 7.64. The molecule has 0 saturated heterocycles. The molecule has 2 N–H and O–H groups in total. The predicted molar refractivity (Wildman–Crippen MR) is 96.7 cm³/mol. The van der Waals surface area contributed by atoms with Gasteiger partial charge in [0.15, 0.2) is 0 Å². The van der Waals surface area contributed by atoms with Gasteiger partial charge in [-0.3, -0.25) is 9.59 Å². The summed E-state index contributed by atoms with van der Waals surface area (Å²) < 4.78 is 10.3. The zero-order chi connectivity index (χ0) is 18.1. The number of nitrogens with one attached hydrogen (secondary N) is 2. The van der Waals surface area contributed by atoms with Crippen molar-refractivity contribution < 1.29 is 19.1 Å². The molecule has 0 radical (unpaired) electrons. The van der Waals surface area contributed by atoms with E-state index in [1.54, 1.807) is 24.3 Å². The summed E-state index contributed by atoms with van der Waals surface area (Å²) in [5.41, 5.74) is 1.43. The van der Waals surface area contributed by atoms with E-state index in [4.69, 9.17) is 9.47 Å². The molecule has 2 aromatic rings. The maximum Gasteiger partial charge on any atom is 0.244 e. The molecule has 0 bridgehead atoms. The molecule has 130 valence electrons. The van der Waals surface area contributed by atoms with Crippen molar-refractivity contribution in [3.05, 3.63) is 60.2 Å². The third-order valence-electron chi connectivity index (χ3n) is 3.29. The predicted octanol–water partition coefficient (Wildman–Crippen LogP) is 2.47. The van der Waals surface area contributed by atoms with E-state index in [1.807, 2.05) is 30.3 Å². The van der Waals surface area contributed by atoms with Gasteiger partial charge in [-0.25, -0.2) is 0 Å². The van der Waals surface area contributed by atoms with Crippen LogP contribution in [0.5, 0.6) is 11.5 Å². The van der Waals surface area contributed by atoms with Crippen LogP contribution in [0.2, 0.25) is 0 Å². The molecule has 0 heterocycles. The van der Waals surface area contributed by atoms with Gasteiger partial charge >= 0.3 is 0 Å². The van der Waals surface area contributed by atoms with E-state index < -0.39 is 0 Å². The summed E-state index contributed by atoms with van der Waals surface area (Å²) in [4.78, 5) is 23.7. The van der Waals surface area contributed by atoms with Gasteiger partial charge in [-0.15, -0.1) is 0 Å². The normalized spacial score (nSPS) is 10.3. The number of hydrogen-bond acceptors (Lipinski definition) is 4. The second kappa shape index (κ2) is 9.12. The lowest BCUT2D eigenvalue weighted by atomic mass is 10.2. The summed E-state index contributed by atoms with van der Waals surface area (Å²) in [6.07, 6.45) is 3.07. The van der Waals surface area contributed by atoms with Gasteiger partial charge in [0, 0.05) is 30.0 Å². The minimum atomic E-state index is -0.350. The molecule has 6 heteroatoms. The minimum Gasteiger partial charge on any atom is -0.497 e. The Morgan fingerprint density at radius 1 is 1.00 bits per heavy atom. The van der Waals surface area contributed by atoms with Crippen molar-refractivity contribution >= 4 is 23.6 Å². The third kappa shape index (κ3) is 6.02. The van der Waals surface area contributed by atoms with Crippen LogP contribution >= 0.6 is 0 Å². The second-order valence-electron chi connectivity index (χ2n) is 5.11. The van der Waals surface area contributed by atoms with Crippen LogP contribution < -0.4 is 20.1 Å². The fourth-order valence-corrected chi connectivity index (χ4v) is 2.05. The SMILES string of the molecule is COc1cc(NC(=O)CNC(=O)/C=C/c2ccccc2)cc(OC)c1. The molecule has 2 amide bonds. The summed E-state index contributed by atoms with van der Waals surface area (Å²) in [6, 6.07) is 14.5. The molecular formula is C19H20N2O4. The number of methoxy groups -OCH3 is 2. The summed E-state index contributed by atoms with van der Waals surface area (Å²) in [7, 11) is 3.05. The van der Waals surface area contributed by atoms with Gasteiger partial charge in [-0.05, 0) is 11.6 Å². The van der Waals surface area contributed by atoms with Crippen molar-refractivity contribution in [2.75, 3.05) is 26.1 Å². The average molecular weight is 340 g/mol. The topological polar surface area (TPSA) is 76.7 Å². The van der Waals surface area contributed by atoms with Crippen molar-refractivity contribution in [1.82, 2.24) is 5.32 Å². The lowest BCUT2D eigenvalue weighted by Gasteiger charge is -2.10. The van der Waals surface area contributed by atoms with E-state index >= 15 is 0 Å². The Morgan fingerprint density at radius 2 is 1.64 bits per heavy atom. The van der Waals surface area contributed by atoms with Gasteiger partial charge in [-0.2, -0.15) is 0 Å². The molecule has 0 aliphatic rings. The van der Waals surface area contributed by atoms with E-state index in [1.165, 1.54) is 20.3 Å². The number of amides is 2. The van der Waals surface area contributed by atoms with Gasteiger partial charge in [0.1, 0.15) is 11.5 Å². The van der Waals surface area contributed by atoms with Crippen molar-refractivity contribution in [2.24, 2.45) is 0 Å². The molecule has 0 aromatic heterocycles. The van der Waals surface area contributed by atoms with E-state index in [0.29, 0.717) is 17.2 Å². The highest BCUT2D eigenvalue weighted by Gasteiger charge is 2.07.